The normalized spacial score (nSPS) is 10.9. The summed E-state index contributed by atoms with van der Waals surface area (Å²) in [6, 6.07) is 3.33. The second-order valence-corrected chi connectivity index (χ2v) is 3.28. The molecule has 14 heavy (non-hydrogen) atoms. The van der Waals surface area contributed by atoms with Gasteiger partial charge in [-0.05, 0) is 31.6 Å². The molecule has 0 aliphatic heterocycles. The maximum Gasteiger partial charge on any atom is 0.248 e. The van der Waals surface area contributed by atoms with E-state index in [4.69, 9.17) is 0 Å². The van der Waals surface area contributed by atoms with Crippen LogP contribution in [0.25, 0.3) is 11.0 Å². The molecule has 0 aliphatic rings. The van der Waals surface area contributed by atoms with E-state index in [0.29, 0.717) is 0 Å². The van der Waals surface area contributed by atoms with Gasteiger partial charge in [-0.2, -0.15) is 0 Å². The summed E-state index contributed by atoms with van der Waals surface area (Å²) in [7, 11) is 1.91. The molecular weight excluding hydrogens is 178 g/mol. The lowest BCUT2D eigenvalue weighted by molar-refractivity contribution is 0.794. The lowest BCUT2D eigenvalue weighted by Crippen LogP contribution is -2.10. The fraction of sp³-hybridized carbons (Fsp3) is 0.300. The molecule has 0 fully saturated rings. The highest BCUT2D eigenvalue weighted by molar-refractivity contribution is 5.78. The number of hydrogen-bond acceptors (Lipinski definition) is 2. The van der Waals surface area contributed by atoms with Crippen LogP contribution in [0.15, 0.2) is 23.1 Å². The number of H-pyrrole nitrogens is 2. The van der Waals surface area contributed by atoms with Crippen LogP contribution in [0.2, 0.25) is 0 Å². The van der Waals surface area contributed by atoms with Gasteiger partial charge in [0.15, 0.2) is 0 Å². The van der Waals surface area contributed by atoms with Gasteiger partial charge in [-0.3, -0.25) is 4.79 Å². The van der Waals surface area contributed by atoms with E-state index in [0.717, 1.165) is 29.6 Å². The maximum atomic E-state index is 11.1. The highest BCUT2D eigenvalue weighted by Crippen LogP contribution is 2.13. The predicted octanol–water partition coefficient (Wildman–Crippen LogP) is 0.618. The summed E-state index contributed by atoms with van der Waals surface area (Å²) in [5, 5.41) is 3.08. The molecule has 0 aliphatic carbocycles. The van der Waals surface area contributed by atoms with Crippen molar-refractivity contribution < 1.29 is 0 Å². The lowest BCUT2D eigenvalue weighted by Gasteiger charge is -1.97. The van der Waals surface area contributed by atoms with Crippen molar-refractivity contribution in [3.05, 3.63) is 34.2 Å². The molecule has 3 N–H and O–H groups in total. The molecule has 0 saturated carbocycles. The number of rotatable bonds is 3. The third-order valence-corrected chi connectivity index (χ3v) is 2.29. The summed E-state index contributed by atoms with van der Waals surface area (Å²) in [4.78, 5) is 17.1. The highest BCUT2D eigenvalue weighted by Gasteiger charge is 2.02. The van der Waals surface area contributed by atoms with Gasteiger partial charge in [0.2, 0.25) is 5.56 Å². The van der Waals surface area contributed by atoms with Crippen molar-refractivity contribution in [2.75, 3.05) is 13.6 Å². The molecule has 0 unspecified atom stereocenters. The molecule has 0 spiro atoms. The minimum absolute atomic E-state index is 0.0530. The minimum atomic E-state index is -0.0530. The molecule has 0 radical (unpaired) electrons. The van der Waals surface area contributed by atoms with Crippen LogP contribution in [0, 0.1) is 0 Å². The molecule has 74 valence electrons. The van der Waals surface area contributed by atoms with Crippen LogP contribution >= 0.6 is 0 Å². The Morgan fingerprint density at radius 1 is 1.43 bits per heavy atom. The summed E-state index contributed by atoms with van der Waals surface area (Å²) in [5.41, 5.74) is 3.00. The number of nitrogens with one attached hydrogen (secondary N) is 3. The van der Waals surface area contributed by atoms with Crippen LogP contribution in [-0.2, 0) is 6.42 Å². The van der Waals surface area contributed by atoms with Crippen molar-refractivity contribution in [1.29, 1.82) is 0 Å². The quantitative estimate of drug-likeness (QED) is 0.666. The second kappa shape index (κ2) is 3.67. The van der Waals surface area contributed by atoms with Gasteiger partial charge < -0.3 is 15.3 Å². The Kier molecular flexibility index (Phi) is 2.37. The number of likely N-dealkylation sites (N-methyl/N-ethyl adjacent to an activating group) is 1. The van der Waals surface area contributed by atoms with Gasteiger partial charge in [0.25, 0.3) is 0 Å². The molecule has 0 saturated heterocycles. The Labute approximate surface area is 81.3 Å². The fourth-order valence-electron chi connectivity index (χ4n) is 1.54. The summed E-state index contributed by atoms with van der Waals surface area (Å²) < 4.78 is 0. The van der Waals surface area contributed by atoms with Crippen LogP contribution < -0.4 is 10.9 Å². The topological polar surface area (TPSA) is 60.7 Å². The molecule has 0 atom stereocenters. The molecule has 4 nitrogen and oxygen atoms in total. The third-order valence-electron chi connectivity index (χ3n) is 2.29. The minimum Gasteiger partial charge on any atom is -0.360 e. The van der Waals surface area contributed by atoms with Crippen molar-refractivity contribution in [2.24, 2.45) is 0 Å². The van der Waals surface area contributed by atoms with Crippen molar-refractivity contribution in [3.8, 4) is 0 Å². The average molecular weight is 191 g/mol. The molecule has 2 rings (SSSR count). The van der Waals surface area contributed by atoms with Crippen molar-refractivity contribution in [3.63, 3.8) is 0 Å². The molecule has 2 aromatic rings. The van der Waals surface area contributed by atoms with Crippen molar-refractivity contribution >= 4 is 11.0 Å². The Balaban J connectivity index is 2.45. The highest BCUT2D eigenvalue weighted by atomic mass is 16.1. The molecule has 4 heteroatoms. The van der Waals surface area contributed by atoms with Crippen LogP contribution in [-0.4, -0.2) is 23.6 Å². The molecule has 2 aromatic heterocycles. The Morgan fingerprint density at radius 2 is 2.29 bits per heavy atom. The van der Waals surface area contributed by atoms with E-state index in [-0.39, 0.29) is 5.56 Å². The first kappa shape index (κ1) is 9.02. The summed E-state index contributed by atoms with van der Waals surface area (Å²) >= 11 is 0. The van der Waals surface area contributed by atoms with Gasteiger partial charge >= 0.3 is 0 Å². The van der Waals surface area contributed by atoms with E-state index < -0.39 is 0 Å². The monoisotopic (exact) mass is 191 g/mol. The number of aromatic nitrogens is 2. The van der Waals surface area contributed by atoms with Crippen LogP contribution in [0.1, 0.15) is 5.56 Å². The van der Waals surface area contributed by atoms with Gasteiger partial charge in [0, 0.05) is 12.3 Å². The standard InChI is InChI=1S/C10H13N3O/c1-11-5-4-7-6-12-8-2-3-9(14)13-10(7)8/h2-3,6,11-12H,4-5H2,1H3,(H,13,14). The largest absolute Gasteiger partial charge is 0.360 e. The molecule has 2 heterocycles. The van der Waals surface area contributed by atoms with Gasteiger partial charge in [-0.25, -0.2) is 0 Å². The number of pyridine rings is 1. The van der Waals surface area contributed by atoms with Gasteiger partial charge in [0.05, 0.1) is 11.0 Å². The van der Waals surface area contributed by atoms with Crippen LogP contribution in [0.5, 0.6) is 0 Å². The van der Waals surface area contributed by atoms with Crippen molar-refractivity contribution in [2.45, 2.75) is 6.42 Å². The van der Waals surface area contributed by atoms with E-state index in [2.05, 4.69) is 15.3 Å². The number of hydrogen-bond donors (Lipinski definition) is 3. The smallest absolute Gasteiger partial charge is 0.248 e. The zero-order chi connectivity index (χ0) is 9.97. The molecular formula is C10H13N3O. The number of fused-ring (bicyclic) bond motifs is 1. The zero-order valence-electron chi connectivity index (χ0n) is 8.05. The van der Waals surface area contributed by atoms with E-state index in [9.17, 15) is 4.79 Å². The Bertz CT molecular complexity index is 483. The van der Waals surface area contributed by atoms with E-state index in [1.165, 1.54) is 6.07 Å². The average Bonchev–Trinajstić information content (AvgIpc) is 2.57. The third kappa shape index (κ3) is 1.56. The summed E-state index contributed by atoms with van der Waals surface area (Å²) in [5.74, 6) is 0. The Morgan fingerprint density at radius 3 is 3.07 bits per heavy atom. The lowest BCUT2D eigenvalue weighted by atomic mass is 10.2. The SMILES string of the molecule is CNCCc1c[nH]c2ccc(=O)[nH]c12. The van der Waals surface area contributed by atoms with Gasteiger partial charge in [0.1, 0.15) is 0 Å². The first-order chi connectivity index (χ1) is 6.81. The summed E-state index contributed by atoms with van der Waals surface area (Å²) in [6.45, 7) is 0.907. The van der Waals surface area contributed by atoms with E-state index in [1.54, 1.807) is 6.07 Å². The second-order valence-electron chi connectivity index (χ2n) is 3.28. The van der Waals surface area contributed by atoms with E-state index >= 15 is 0 Å². The first-order valence-corrected chi connectivity index (χ1v) is 4.65. The zero-order valence-corrected chi connectivity index (χ0v) is 8.05. The van der Waals surface area contributed by atoms with Crippen molar-refractivity contribution in [1.82, 2.24) is 15.3 Å². The molecule has 0 amide bonds. The van der Waals surface area contributed by atoms with E-state index in [1.807, 2.05) is 13.2 Å². The van der Waals surface area contributed by atoms with Crippen LogP contribution in [0.3, 0.4) is 0 Å². The maximum absolute atomic E-state index is 11.1. The van der Waals surface area contributed by atoms with Crippen LogP contribution in [0.4, 0.5) is 0 Å². The number of aromatic amines is 2. The van der Waals surface area contributed by atoms with Gasteiger partial charge in [-0.1, -0.05) is 0 Å². The fourth-order valence-corrected chi connectivity index (χ4v) is 1.54. The molecule has 0 aromatic carbocycles. The summed E-state index contributed by atoms with van der Waals surface area (Å²) in [6.07, 6.45) is 2.86. The van der Waals surface area contributed by atoms with Gasteiger partial charge in [-0.15, -0.1) is 0 Å². The predicted molar refractivity (Wildman–Crippen MR) is 56.6 cm³/mol. The molecule has 0 bridgehead atoms. The first-order valence-electron chi connectivity index (χ1n) is 4.65. The Hall–Kier alpha value is -1.55.